The quantitative estimate of drug-likeness (QED) is 0.558. The lowest BCUT2D eigenvalue weighted by molar-refractivity contribution is -0.139. The summed E-state index contributed by atoms with van der Waals surface area (Å²) in [4.78, 5) is 28.2. The van der Waals surface area contributed by atoms with Crippen molar-refractivity contribution in [1.82, 2.24) is 10.2 Å². The summed E-state index contributed by atoms with van der Waals surface area (Å²) in [6.45, 7) is 4.52. The van der Waals surface area contributed by atoms with Gasteiger partial charge in [-0.1, -0.05) is 54.4 Å². The van der Waals surface area contributed by atoms with Crippen LogP contribution in [-0.2, 0) is 16.1 Å². The SMILES string of the molecule is CCNC(=O)[C@@H](CC)N(Cc1ccc(Cl)cc1Cl)C(=O)CSc1ccccc1. The Bertz CT molecular complexity index is 802. The van der Waals surface area contributed by atoms with Crippen molar-refractivity contribution in [2.45, 2.75) is 37.8 Å². The lowest BCUT2D eigenvalue weighted by Gasteiger charge is -2.30. The van der Waals surface area contributed by atoms with Gasteiger partial charge >= 0.3 is 0 Å². The predicted molar refractivity (Wildman–Crippen MR) is 117 cm³/mol. The third kappa shape index (κ3) is 6.43. The van der Waals surface area contributed by atoms with Crippen LogP contribution in [0.3, 0.4) is 0 Å². The Morgan fingerprint density at radius 1 is 1.11 bits per heavy atom. The van der Waals surface area contributed by atoms with E-state index in [4.69, 9.17) is 23.2 Å². The van der Waals surface area contributed by atoms with Gasteiger partial charge in [0.2, 0.25) is 11.8 Å². The van der Waals surface area contributed by atoms with E-state index < -0.39 is 6.04 Å². The molecule has 0 spiro atoms. The van der Waals surface area contributed by atoms with Crippen molar-refractivity contribution in [2.75, 3.05) is 12.3 Å². The van der Waals surface area contributed by atoms with E-state index in [-0.39, 0.29) is 24.1 Å². The number of amides is 2. The molecular formula is C21H24Cl2N2O2S. The van der Waals surface area contributed by atoms with Crippen molar-refractivity contribution in [3.05, 3.63) is 64.1 Å². The van der Waals surface area contributed by atoms with Gasteiger partial charge < -0.3 is 10.2 Å². The monoisotopic (exact) mass is 438 g/mol. The minimum absolute atomic E-state index is 0.113. The molecule has 0 aliphatic rings. The van der Waals surface area contributed by atoms with E-state index in [0.29, 0.717) is 23.0 Å². The van der Waals surface area contributed by atoms with Crippen molar-refractivity contribution in [1.29, 1.82) is 0 Å². The molecule has 150 valence electrons. The van der Waals surface area contributed by atoms with Gasteiger partial charge in [0.05, 0.1) is 5.75 Å². The molecule has 0 fully saturated rings. The van der Waals surface area contributed by atoms with Crippen molar-refractivity contribution < 1.29 is 9.59 Å². The van der Waals surface area contributed by atoms with Gasteiger partial charge in [0.1, 0.15) is 6.04 Å². The maximum absolute atomic E-state index is 13.1. The summed E-state index contributed by atoms with van der Waals surface area (Å²) < 4.78 is 0. The van der Waals surface area contributed by atoms with Crippen LogP contribution < -0.4 is 5.32 Å². The molecule has 0 radical (unpaired) electrons. The maximum Gasteiger partial charge on any atom is 0.242 e. The average molecular weight is 439 g/mol. The molecule has 1 atom stereocenters. The van der Waals surface area contributed by atoms with E-state index in [1.807, 2.05) is 44.2 Å². The molecule has 2 aromatic rings. The lowest BCUT2D eigenvalue weighted by atomic mass is 10.1. The van der Waals surface area contributed by atoms with E-state index >= 15 is 0 Å². The smallest absolute Gasteiger partial charge is 0.242 e. The summed E-state index contributed by atoms with van der Waals surface area (Å²) in [5.74, 6) is -0.0309. The molecule has 7 heteroatoms. The van der Waals surface area contributed by atoms with Crippen LogP contribution in [0.15, 0.2) is 53.4 Å². The second-order valence-electron chi connectivity index (χ2n) is 6.18. The molecule has 2 aromatic carbocycles. The number of hydrogen-bond acceptors (Lipinski definition) is 3. The zero-order chi connectivity index (χ0) is 20.5. The zero-order valence-electron chi connectivity index (χ0n) is 16.0. The van der Waals surface area contributed by atoms with Gasteiger partial charge in [0, 0.05) is 28.0 Å². The number of likely N-dealkylation sites (N-methyl/N-ethyl adjacent to an activating group) is 1. The summed E-state index contributed by atoms with van der Waals surface area (Å²) in [6, 6.07) is 14.3. The van der Waals surface area contributed by atoms with Gasteiger partial charge in [-0.15, -0.1) is 11.8 Å². The van der Waals surface area contributed by atoms with Gasteiger partial charge in [-0.25, -0.2) is 0 Å². The number of carbonyl (C=O) groups is 2. The Balaban J connectivity index is 2.23. The van der Waals surface area contributed by atoms with Crippen LogP contribution in [-0.4, -0.2) is 35.1 Å². The number of thioether (sulfide) groups is 1. The summed E-state index contributed by atoms with van der Waals surface area (Å²) >= 11 is 13.7. The van der Waals surface area contributed by atoms with E-state index in [1.165, 1.54) is 11.8 Å². The number of halogens is 2. The zero-order valence-corrected chi connectivity index (χ0v) is 18.3. The summed E-state index contributed by atoms with van der Waals surface area (Å²) in [5.41, 5.74) is 0.756. The molecule has 0 unspecified atom stereocenters. The van der Waals surface area contributed by atoms with E-state index in [0.717, 1.165) is 10.5 Å². The molecule has 0 aliphatic heterocycles. The number of carbonyl (C=O) groups excluding carboxylic acids is 2. The maximum atomic E-state index is 13.1. The Hall–Kier alpha value is -1.69. The van der Waals surface area contributed by atoms with Crippen molar-refractivity contribution in [2.24, 2.45) is 0 Å². The first-order valence-electron chi connectivity index (χ1n) is 9.15. The molecule has 2 rings (SSSR count). The molecular weight excluding hydrogens is 415 g/mol. The molecule has 1 N–H and O–H groups in total. The average Bonchev–Trinajstić information content (AvgIpc) is 2.68. The first-order chi connectivity index (χ1) is 13.5. The molecule has 0 aliphatic carbocycles. The second kappa shape index (κ2) is 11.3. The number of hydrogen-bond donors (Lipinski definition) is 1. The van der Waals surface area contributed by atoms with E-state index in [9.17, 15) is 9.59 Å². The second-order valence-corrected chi connectivity index (χ2v) is 8.07. The molecule has 0 saturated heterocycles. The normalized spacial score (nSPS) is 11.7. The number of benzene rings is 2. The molecule has 0 heterocycles. The molecule has 2 amide bonds. The van der Waals surface area contributed by atoms with E-state index in [2.05, 4.69) is 5.32 Å². The third-order valence-corrected chi connectivity index (χ3v) is 5.78. The van der Waals surface area contributed by atoms with Gasteiger partial charge in [0.25, 0.3) is 0 Å². The fourth-order valence-electron chi connectivity index (χ4n) is 2.79. The molecule has 0 bridgehead atoms. The van der Waals surface area contributed by atoms with Crippen molar-refractivity contribution in [3.63, 3.8) is 0 Å². The highest BCUT2D eigenvalue weighted by atomic mass is 35.5. The number of nitrogens with zero attached hydrogens (tertiary/aromatic N) is 1. The molecule has 0 aromatic heterocycles. The number of rotatable bonds is 9. The largest absolute Gasteiger partial charge is 0.355 e. The Kier molecular flexibility index (Phi) is 9.16. The first kappa shape index (κ1) is 22.6. The predicted octanol–water partition coefficient (Wildman–Crippen LogP) is 5.03. The molecule has 28 heavy (non-hydrogen) atoms. The van der Waals surface area contributed by atoms with Crippen LogP contribution in [0.1, 0.15) is 25.8 Å². The molecule has 0 saturated carbocycles. The minimum Gasteiger partial charge on any atom is -0.355 e. The van der Waals surface area contributed by atoms with Crippen LogP contribution in [0, 0.1) is 0 Å². The first-order valence-corrected chi connectivity index (χ1v) is 10.9. The van der Waals surface area contributed by atoms with Crippen LogP contribution >= 0.6 is 35.0 Å². The number of nitrogens with one attached hydrogen (secondary N) is 1. The fourth-order valence-corrected chi connectivity index (χ4v) is 4.06. The summed E-state index contributed by atoms with van der Waals surface area (Å²) in [6.07, 6.45) is 0.513. The topological polar surface area (TPSA) is 49.4 Å². The van der Waals surface area contributed by atoms with Crippen LogP contribution in [0.2, 0.25) is 10.0 Å². The van der Waals surface area contributed by atoms with Crippen molar-refractivity contribution in [3.8, 4) is 0 Å². The van der Waals surface area contributed by atoms with Gasteiger partial charge in [-0.05, 0) is 43.2 Å². The van der Waals surface area contributed by atoms with Gasteiger partial charge in [-0.2, -0.15) is 0 Å². The van der Waals surface area contributed by atoms with Crippen molar-refractivity contribution >= 4 is 46.8 Å². The Morgan fingerprint density at radius 2 is 1.82 bits per heavy atom. The highest BCUT2D eigenvalue weighted by molar-refractivity contribution is 8.00. The minimum atomic E-state index is -0.560. The highest BCUT2D eigenvalue weighted by Gasteiger charge is 2.28. The van der Waals surface area contributed by atoms with Crippen LogP contribution in [0.5, 0.6) is 0 Å². The standard InChI is InChI=1S/C21H24Cl2N2O2S/c1-3-19(21(27)24-4-2)25(13-15-10-11-16(22)12-18(15)23)20(26)14-28-17-8-6-5-7-9-17/h5-12,19H,3-4,13-14H2,1-2H3,(H,24,27)/t19-/m1/s1. The van der Waals surface area contributed by atoms with E-state index in [1.54, 1.807) is 23.1 Å². The van der Waals surface area contributed by atoms with Gasteiger partial charge in [-0.3, -0.25) is 9.59 Å². The molecule has 4 nitrogen and oxygen atoms in total. The summed E-state index contributed by atoms with van der Waals surface area (Å²) in [7, 11) is 0. The summed E-state index contributed by atoms with van der Waals surface area (Å²) in [5, 5.41) is 3.83. The lowest BCUT2D eigenvalue weighted by Crippen LogP contribution is -2.49. The van der Waals surface area contributed by atoms with Crippen LogP contribution in [0.4, 0.5) is 0 Å². The van der Waals surface area contributed by atoms with Crippen LogP contribution in [0.25, 0.3) is 0 Å². The Morgan fingerprint density at radius 3 is 2.43 bits per heavy atom. The fraction of sp³-hybridized carbons (Fsp3) is 0.333. The van der Waals surface area contributed by atoms with Gasteiger partial charge in [0.15, 0.2) is 0 Å². The third-order valence-electron chi connectivity index (χ3n) is 4.20. The highest BCUT2D eigenvalue weighted by Crippen LogP contribution is 2.25. The Labute approximate surface area is 180 Å².